The molecule has 0 bridgehead atoms. The van der Waals surface area contributed by atoms with E-state index in [1.54, 1.807) is 17.2 Å². The zero-order valence-electron chi connectivity index (χ0n) is 14.5. The molecule has 130 valence electrons. The fourth-order valence-corrected chi connectivity index (χ4v) is 2.85. The second kappa shape index (κ2) is 7.34. The van der Waals surface area contributed by atoms with E-state index in [4.69, 9.17) is 0 Å². The van der Waals surface area contributed by atoms with E-state index < -0.39 is 0 Å². The van der Waals surface area contributed by atoms with Gasteiger partial charge in [0.2, 0.25) is 6.41 Å². The van der Waals surface area contributed by atoms with Crippen molar-refractivity contribution in [3.05, 3.63) is 53.3 Å². The van der Waals surface area contributed by atoms with Crippen molar-refractivity contribution in [1.29, 1.82) is 0 Å². The summed E-state index contributed by atoms with van der Waals surface area (Å²) in [5.74, 6) is -0.217. The first-order valence-corrected chi connectivity index (χ1v) is 8.36. The lowest BCUT2D eigenvalue weighted by Crippen LogP contribution is -2.45. The van der Waals surface area contributed by atoms with Crippen molar-refractivity contribution < 1.29 is 9.59 Å². The third-order valence-electron chi connectivity index (χ3n) is 4.45. The zero-order chi connectivity index (χ0) is 17.8. The molecule has 0 radical (unpaired) electrons. The highest BCUT2D eigenvalue weighted by Crippen LogP contribution is 2.19. The molecule has 25 heavy (non-hydrogen) atoms. The maximum Gasteiger partial charge on any atom is 0.274 e. The van der Waals surface area contributed by atoms with Gasteiger partial charge in [0.15, 0.2) is 0 Å². The van der Waals surface area contributed by atoms with E-state index in [0.29, 0.717) is 18.8 Å². The molecule has 0 saturated carbocycles. The van der Waals surface area contributed by atoms with Crippen LogP contribution in [0.2, 0.25) is 0 Å². The van der Waals surface area contributed by atoms with Gasteiger partial charge in [-0.25, -0.2) is 4.98 Å². The van der Waals surface area contributed by atoms with E-state index >= 15 is 0 Å². The number of aromatic nitrogens is 1. The van der Waals surface area contributed by atoms with Crippen molar-refractivity contribution in [2.24, 2.45) is 0 Å². The molecule has 0 atom stereocenters. The highest BCUT2D eigenvalue weighted by molar-refractivity contribution is 6.03. The normalized spacial score (nSPS) is 14.3. The first-order chi connectivity index (χ1) is 12.1. The van der Waals surface area contributed by atoms with E-state index in [0.717, 1.165) is 42.0 Å². The molecule has 2 amide bonds. The Labute approximate surface area is 147 Å². The molecule has 6 heteroatoms. The van der Waals surface area contributed by atoms with Crippen LogP contribution in [0.1, 0.15) is 21.6 Å². The second-order valence-corrected chi connectivity index (χ2v) is 6.30. The minimum absolute atomic E-state index is 0.217. The van der Waals surface area contributed by atoms with Gasteiger partial charge in [-0.2, -0.15) is 0 Å². The maximum atomic E-state index is 12.4. The summed E-state index contributed by atoms with van der Waals surface area (Å²) in [6, 6.07) is 9.60. The van der Waals surface area contributed by atoms with Gasteiger partial charge in [-0.15, -0.1) is 0 Å². The van der Waals surface area contributed by atoms with Crippen LogP contribution in [0.15, 0.2) is 36.5 Å². The number of benzene rings is 1. The van der Waals surface area contributed by atoms with Crippen molar-refractivity contribution in [3.8, 4) is 0 Å². The molecule has 1 aliphatic heterocycles. The molecule has 0 spiro atoms. The van der Waals surface area contributed by atoms with Gasteiger partial charge in [0.1, 0.15) is 5.69 Å². The van der Waals surface area contributed by atoms with Crippen LogP contribution in [0.3, 0.4) is 0 Å². The maximum absolute atomic E-state index is 12.4. The highest BCUT2D eigenvalue weighted by Gasteiger charge is 2.17. The first-order valence-electron chi connectivity index (χ1n) is 8.36. The Morgan fingerprint density at radius 3 is 2.52 bits per heavy atom. The number of anilines is 2. The Morgan fingerprint density at radius 1 is 1.12 bits per heavy atom. The molecule has 1 aliphatic rings. The van der Waals surface area contributed by atoms with Gasteiger partial charge >= 0.3 is 0 Å². The fraction of sp³-hybridized carbons (Fsp3) is 0.316. The number of carbonyl (C=O) groups is 2. The molecule has 2 aromatic rings. The number of nitrogens with zero attached hydrogens (tertiary/aromatic N) is 3. The van der Waals surface area contributed by atoms with Crippen LogP contribution in [-0.2, 0) is 4.79 Å². The van der Waals surface area contributed by atoms with Crippen LogP contribution in [0, 0.1) is 13.8 Å². The van der Waals surface area contributed by atoms with Crippen molar-refractivity contribution in [1.82, 2.24) is 9.88 Å². The smallest absolute Gasteiger partial charge is 0.274 e. The summed E-state index contributed by atoms with van der Waals surface area (Å²) < 4.78 is 0. The summed E-state index contributed by atoms with van der Waals surface area (Å²) in [5, 5.41) is 2.92. The third kappa shape index (κ3) is 3.96. The van der Waals surface area contributed by atoms with Crippen LogP contribution in [0.4, 0.5) is 11.4 Å². The largest absolute Gasteiger partial charge is 0.367 e. The molecule has 3 rings (SSSR count). The van der Waals surface area contributed by atoms with E-state index in [1.807, 2.05) is 38.1 Å². The number of hydrogen-bond donors (Lipinski definition) is 1. The lowest BCUT2D eigenvalue weighted by atomic mass is 10.1. The molecule has 1 fully saturated rings. The van der Waals surface area contributed by atoms with E-state index in [-0.39, 0.29) is 5.91 Å². The van der Waals surface area contributed by atoms with Crippen LogP contribution < -0.4 is 10.2 Å². The van der Waals surface area contributed by atoms with Crippen LogP contribution in [-0.4, -0.2) is 48.4 Å². The molecular weight excluding hydrogens is 316 g/mol. The first kappa shape index (κ1) is 17.0. The number of amides is 2. The number of pyridine rings is 1. The topological polar surface area (TPSA) is 65.5 Å². The van der Waals surface area contributed by atoms with Gasteiger partial charge in [-0.1, -0.05) is 12.1 Å². The average molecular weight is 338 g/mol. The number of rotatable bonds is 4. The van der Waals surface area contributed by atoms with Gasteiger partial charge in [0, 0.05) is 31.9 Å². The molecule has 2 heterocycles. The Kier molecular flexibility index (Phi) is 4.97. The minimum atomic E-state index is -0.217. The molecule has 0 unspecified atom stereocenters. The standard InChI is InChI=1S/C19H22N4O2/c1-14-3-4-15(2)18(11-14)21-19(25)17-6-5-16(12-20-17)23-9-7-22(13-24)8-10-23/h3-6,11-13H,7-10H2,1-2H3,(H,21,25). The van der Waals surface area contributed by atoms with Gasteiger partial charge in [-0.3, -0.25) is 9.59 Å². The molecule has 1 saturated heterocycles. The lowest BCUT2D eigenvalue weighted by molar-refractivity contribution is -0.118. The Bertz CT molecular complexity index is 765. The fourth-order valence-electron chi connectivity index (χ4n) is 2.85. The monoisotopic (exact) mass is 338 g/mol. The quantitative estimate of drug-likeness (QED) is 0.868. The van der Waals surface area contributed by atoms with E-state index in [1.165, 1.54) is 0 Å². The summed E-state index contributed by atoms with van der Waals surface area (Å²) in [7, 11) is 0. The number of hydrogen-bond acceptors (Lipinski definition) is 4. The van der Waals surface area contributed by atoms with Crippen molar-refractivity contribution in [3.63, 3.8) is 0 Å². The van der Waals surface area contributed by atoms with Crippen molar-refractivity contribution in [2.45, 2.75) is 13.8 Å². The average Bonchev–Trinajstić information content (AvgIpc) is 2.65. The summed E-state index contributed by atoms with van der Waals surface area (Å²) in [4.78, 5) is 31.4. The summed E-state index contributed by atoms with van der Waals surface area (Å²) in [6.45, 7) is 6.91. The highest BCUT2D eigenvalue weighted by atomic mass is 16.2. The number of aryl methyl sites for hydroxylation is 2. The summed E-state index contributed by atoms with van der Waals surface area (Å²) >= 11 is 0. The predicted octanol–water partition coefficient (Wildman–Crippen LogP) is 2.23. The Balaban J connectivity index is 1.66. The van der Waals surface area contributed by atoms with Crippen molar-refractivity contribution >= 4 is 23.7 Å². The SMILES string of the molecule is Cc1ccc(C)c(NC(=O)c2ccc(N3CCN(C=O)CC3)cn2)c1. The van der Waals surface area contributed by atoms with Crippen LogP contribution >= 0.6 is 0 Å². The Morgan fingerprint density at radius 2 is 1.88 bits per heavy atom. The number of carbonyl (C=O) groups excluding carboxylic acids is 2. The summed E-state index contributed by atoms with van der Waals surface area (Å²) in [5.41, 5.74) is 4.27. The lowest BCUT2D eigenvalue weighted by Gasteiger charge is -2.33. The number of piperazine rings is 1. The van der Waals surface area contributed by atoms with Gasteiger partial charge in [0.05, 0.1) is 11.9 Å². The van der Waals surface area contributed by atoms with Gasteiger partial charge < -0.3 is 15.1 Å². The molecular formula is C19H22N4O2. The van der Waals surface area contributed by atoms with Crippen LogP contribution in [0.25, 0.3) is 0 Å². The molecule has 1 aromatic carbocycles. The van der Waals surface area contributed by atoms with E-state index in [9.17, 15) is 9.59 Å². The van der Waals surface area contributed by atoms with E-state index in [2.05, 4.69) is 15.2 Å². The van der Waals surface area contributed by atoms with Gasteiger partial charge in [0.25, 0.3) is 5.91 Å². The second-order valence-electron chi connectivity index (χ2n) is 6.30. The molecule has 0 aliphatic carbocycles. The molecule has 6 nitrogen and oxygen atoms in total. The Hall–Kier alpha value is -2.89. The molecule has 1 aromatic heterocycles. The predicted molar refractivity (Wildman–Crippen MR) is 98.0 cm³/mol. The van der Waals surface area contributed by atoms with Crippen LogP contribution in [0.5, 0.6) is 0 Å². The summed E-state index contributed by atoms with van der Waals surface area (Å²) in [6.07, 6.45) is 2.60. The zero-order valence-corrected chi connectivity index (χ0v) is 14.5. The number of nitrogens with one attached hydrogen (secondary N) is 1. The molecule has 1 N–H and O–H groups in total. The van der Waals surface area contributed by atoms with Crippen molar-refractivity contribution in [2.75, 3.05) is 36.4 Å². The van der Waals surface area contributed by atoms with Gasteiger partial charge in [-0.05, 0) is 43.2 Å². The third-order valence-corrected chi connectivity index (χ3v) is 4.45. The minimum Gasteiger partial charge on any atom is -0.367 e.